The molecule has 0 fully saturated rings. The lowest BCUT2D eigenvalue weighted by atomic mass is 10.2. The number of benzene rings is 2. The quantitative estimate of drug-likeness (QED) is 0.321. The van der Waals surface area contributed by atoms with Crippen LogP contribution in [0.5, 0.6) is 11.5 Å². The van der Waals surface area contributed by atoms with E-state index >= 15 is 0 Å². The van der Waals surface area contributed by atoms with Crippen molar-refractivity contribution in [1.82, 2.24) is 5.43 Å². The summed E-state index contributed by atoms with van der Waals surface area (Å²) in [5.74, 6) is 1.30. The van der Waals surface area contributed by atoms with Crippen molar-refractivity contribution in [3.05, 3.63) is 54.7 Å². The maximum absolute atomic E-state index is 12.1. The minimum absolute atomic E-state index is 0.116. The van der Waals surface area contributed by atoms with Crippen molar-refractivity contribution in [2.45, 2.75) is 20.0 Å². The molecule has 2 rings (SSSR count). The number of methoxy groups -OCH3 is 1. The SMILES string of the molecule is COc1ccc(C(=O)N/N=C\c2cc(I)c(OC(C)C)c(I)c2)cc1. The predicted octanol–water partition coefficient (Wildman–Crippen LogP) is 4.46. The van der Waals surface area contributed by atoms with E-state index in [-0.39, 0.29) is 12.0 Å². The van der Waals surface area contributed by atoms with Crippen LogP contribution in [0.1, 0.15) is 29.8 Å². The summed E-state index contributed by atoms with van der Waals surface area (Å²) in [4.78, 5) is 12.1. The lowest BCUT2D eigenvalue weighted by Crippen LogP contribution is -2.17. The summed E-state index contributed by atoms with van der Waals surface area (Å²) in [5.41, 5.74) is 3.93. The number of nitrogens with zero attached hydrogens (tertiary/aromatic N) is 1. The van der Waals surface area contributed by atoms with Gasteiger partial charge in [-0.05, 0) is 101 Å². The van der Waals surface area contributed by atoms with Gasteiger partial charge in [0.2, 0.25) is 0 Å². The number of ether oxygens (including phenoxy) is 2. The Bertz CT molecular complexity index is 751. The Balaban J connectivity index is 2.05. The molecule has 2 aromatic carbocycles. The van der Waals surface area contributed by atoms with E-state index in [1.54, 1.807) is 37.6 Å². The van der Waals surface area contributed by atoms with Crippen molar-refractivity contribution in [3.8, 4) is 11.5 Å². The van der Waals surface area contributed by atoms with Crippen molar-refractivity contribution >= 4 is 57.3 Å². The summed E-state index contributed by atoms with van der Waals surface area (Å²) in [6.07, 6.45) is 1.73. The van der Waals surface area contributed by atoms with E-state index in [2.05, 4.69) is 55.7 Å². The molecule has 1 N–H and O–H groups in total. The Morgan fingerprint density at radius 2 is 1.76 bits per heavy atom. The van der Waals surface area contributed by atoms with Crippen molar-refractivity contribution in [2.24, 2.45) is 5.10 Å². The van der Waals surface area contributed by atoms with Crippen LogP contribution >= 0.6 is 45.2 Å². The molecule has 7 heteroatoms. The molecule has 0 unspecified atom stereocenters. The van der Waals surface area contributed by atoms with Crippen LogP contribution in [0.25, 0.3) is 0 Å². The summed E-state index contributed by atoms with van der Waals surface area (Å²) < 4.78 is 12.9. The fourth-order valence-corrected chi connectivity index (χ4v) is 4.05. The van der Waals surface area contributed by atoms with Gasteiger partial charge in [-0.15, -0.1) is 0 Å². The molecule has 0 aliphatic heterocycles. The first-order valence-corrected chi connectivity index (χ1v) is 9.69. The van der Waals surface area contributed by atoms with Crippen LogP contribution in [0.15, 0.2) is 41.5 Å². The summed E-state index contributed by atoms with van der Waals surface area (Å²) in [5, 5.41) is 4.03. The Hall–Kier alpha value is -1.36. The fourth-order valence-electron chi connectivity index (χ4n) is 1.97. The maximum Gasteiger partial charge on any atom is 0.271 e. The van der Waals surface area contributed by atoms with Gasteiger partial charge in [-0.1, -0.05) is 0 Å². The van der Waals surface area contributed by atoms with E-state index < -0.39 is 0 Å². The zero-order valence-electron chi connectivity index (χ0n) is 14.0. The van der Waals surface area contributed by atoms with Gasteiger partial charge in [0.25, 0.3) is 5.91 Å². The number of hydrogen-bond acceptors (Lipinski definition) is 4. The second-order valence-corrected chi connectivity index (χ2v) is 7.73. The molecule has 0 aliphatic rings. The average Bonchev–Trinajstić information content (AvgIpc) is 2.58. The van der Waals surface area contributed by atoms with Gasteiger partial charge in [0.1, 0.15) is 11.5 Å². The summed E-state index contributed by atoms with van der Waals surface area (Å²) in [6, 6.07) is 10.8. The number of rotatable bonds is 6. The molecule has 0 aromatic heterocycles. The normalized spacial score (nSPS) is 11.0. The van der Waals surface area contributed by atoms with E-state index in [1.807, 2.05) is 26.0 Å². The van der Waals surface area contributed by atoms with Gasteiger partial charge in [0, 0.05) is 5.56 Å². The molecular formula is C18H18I2N2O3. The lowest BCUT2D eigenvalue weighted by Gasteiger charge is -2.14. The molecule has 1 amide bonds. The third-order valence-electron chi connectivity index (χ3n) is 3.11. The van der Waals surface area contributed by atoms with Gasteiger partial charge in [-0.25, -0.2) is 5.43 Å². The Labute approximate surface area is 174 Å². The zero-order valence-corrected chi connectivity index (χ0v) is 18.4. The second kappa shape index (κ2) is 9.37. The number of hydrogen-bond donors (Lipinski definition) is 1. The van der Waals surface area contributed by atoms with E-state index in [9.17, 15) is 4.79 Å². The first kappa shape index (κ1) is 20.0. The van der Waals surface area contributed by atoms with E-state index in [4.69, 9.17) is 9.47 Å². The highest BCUT2D eigenvalue weighted by molar-refractivity contribution is 14.1. The summed E-state index contributed by atoms with van der Waals surface area (Å²) in [6.45, 7) is 3.99. The number of carbonyl (C=O) groups excluding carboxylic acids is 1. The van der Waals surface area contributed by atoms with E-state index in [0.717, 1.165) is 18.5 Å². The molecule has 0 radical (unpaired) electrons. The molecule has 2 aromatic rings. The van der Waals surface area contributed by atoms with Crippen molar-refractivity contribution in [3.63, 3.8) is 0 Å². The van der Waals surface area contributed by atoms with E-state index in [0.29, 0.717) is 11.3 Å². The zero-order chi connectivity index (χ0) is 18.4. The number of hydrazone groups is 1. The lowest BCUT2D eigenvalue weighted by molar-refractivity contribution is 0.0955. The smallest absolute Gasteiger partial charge is 0.271 e. The number of nitrogens with one attached hydrogen (secondary N) is 1. The van der Waals surface area contributed by atoms with Crippen LogP contribution in [0.3, 0.4) is 0 Å². The van der Waals surface area contributed by atoms with Crippen molar-refractivity contribution in [1.29, 1.82) is 0 Å². The maximum atomic E-state index is 12.1. The molecule has 0 spiro atoms. The van der Waals surface area contributed by atoms with Crippen molar-refractivity contribution < 1.29 is 14.3 Å². The Kier molecular flexibility index (Phi) is 7.48. The third-order valence-corrected chi connectivity index (χ3v) is 4.71. The third kappa shape index (κ3) is 5.84. The predicted molar refractivity (Wildman–Crippen MR) is 116 cm³/mol. The highest BCUT2D eigenvalue weighted by Gasteiger charge is 2.10. The van der Waals surface area contributed by atoms with E-state index in [1.165, 1.54) is 0 Å². The summed E-state index contributed by atoms with van der Waals surface area (Å²) >= 11 is 4.47. The fraction of sp³-hybridized carbons (Fsp3) is 0.222. The van der Waals surface area contributed by atoms with Crippen LogP contribution in [0.2, 0.25) is 0 Å². The molecule has 0 saturated carbocycles. The van der Waals surface area contributed by atoms with Gasteiger partial charge in [-0.3, -0.25) is 4.79 Å². The Morgan fingerprint density at radius 3 is 2.28 bits per heavy atom. The molecule has 132 valence electrons. The first-order valence-electron chi connectivity index (χ1n) is 7.54. The molecule has 0 saturated heterocycles. The molecule has 0 heterocycles. The average molecular weight is 564 g/mol. The van der Waals surface area contributed by atoms with Crippen LogP contribution in [0.4, 0.5) is 0 Å². The van der Waals surface area contributed by atoms with Gasteiger partial charge >= 0.3 is 0 Å². The highest BCUT2D eigenvalue weighted by atomic mass is 127. The van der Waals surface area contributed by atoms with Gasteiger partial charge in [0.05, 0.1) is 26.6 Å². The summed E-state index contributed by atoms with van der Waals surface area (Å²) in [7, 11) is 1.58. The number of halogens is 2. The van der Waals surface area contributed by atoms with Gasteiger partial charge < -0.3 is 9.47 Å². The monoisotopic (exact) mass is 564 g/mol. The van der Waals surface area contributed by atoms with Crippen LogP contribution in [0, 0.1) is 7.14 Å². The number of carbonyl (C=O) groups is 1. The highest BCUT2D eigenvalue weighted by Crippen LogP contribution is 2.29. The van der Waals surface area contributed by atoms with Crippen molar-refractivity contribution in [2.75, 3.05) is 7.11 Å². The molecule has 0 atom stereocenters. The molecule has 5 nitrogen and oxygen atoms in total. The first-order chi connectivity index (χ1) is 11.9. The van der Waals surface area contributed by atoms with Gasteiger partial charge in [0.15, 0.2) is 0 Å². The molecular weight excluding hydrogens is 546 g/mol. The minimum atomic E-state index is -0.275. The second-order valence-electron chi connectivity index (χ2n) is 5.41. The van der Waals surface area contributed by atoms with Crippen LogP contribution in [-0.2, 0) is 0 Å². The molecule has 0 bridgehead atoms. The van der Waals surface area contributed by atoms with Crippen LogP contribution in [-0.4, -0.2) is 25.3 Å². The largest absolute Gasteiger partial charge is 0.497 e. The Morgan fingerprint density at radius 1 is 1.16 bits per heavy atom. The number of amides is 1. The molecule has 0 aliphatic carbocycles. The topological polar surface area (TPSA) is 59.9 Å². The van der Waals surface area contributed by atoms with Gasteiger partial charge in [-0.2, -0.15) is 5.10 Å². The van der Waals surface area contributed by atoms with Crippen LogP contribution < -0.4 is 14.9 Å². The standard InChI is InChI=1S/C18H18I2N2O3/c1-11(2)25-17-15(19)8-12(9-16(17)20)10-21-22-18(23)13-4-6-14(24-3)7-5-13/h4-11H,1-3H3,(H,22,23)/b21-10-. The minimum Gasteiger partial charge on any atom is -0.497 e. The molecule has 25 heavy (non-hydrogen) atoms.